The molecule has 1 saturated heterocycles. The summed E-state index contributed by atoms with van der Waals surface area (Å²) < 4.78 is 41.3. The fraction of sp³-hybridized carbons (Fsp3) is 0.500. The molecule has 2 aromatic heterocycles. The molecule has 2 aromatic rings. The maximum absolute atomic E-state index is 14.0. The van der Waals surface area contributed by atoms with Crippen molar-refractivity contribution in [3.8, 4) is 0 Å². The number of amides is 2. The van der Waals surface area contributed by atoms with Crippen LogP contribution in [0.5, 0.6) is 0 Å². The molecular weight excluding hydrogens is 485 g/mol. The molecule has 0 bridgehead atoms. The van der Waals surface area contributed by atoms with Gasteiger partial charge in [0.15, 0.2) is 5.11 Å². The summed E-state index contributed by atoms with van der Waals surface area (Å²) in [6.45, 7) is 1.14. The minimum Gasteiger partial charge on any atom is -0.465 e. The van der Waals surface area contributed by atoms with E-state index in [-0.39, 0.29) is 24.4 Å². The van der Waals surface area contributed by atoms with Crippen molar-refractivity contribution in [2.24, 2.45) is 11.3 Å². The van der Waals surface area contributed by atoms with Crippen molar-refractivity contribution in [3.05, 3.63) is 47.8 Å². The number of nitrogens with one attached hydrogen (secondary N) is 1. The highest BCUT2D eigenvalue weighted by atomic mass is 32.1. The lowest BCUT2D eigenvalue weighted by molar-refractivity contribution is -0.143. The largest absolute Gasteiger partial charge is 0.465 e. The Morgan fingerprint density at radius 2 is 2.09 bits per heavy atom. The molecule has 5 rings (SSSR count). The molecule has 1 aliphatic carbocycles. The van der Waals surface area contributed by atoms with E-state index in [1.165, 1.54) is 0 Å². The number of carbonyl (C=O) groups is 2. The van der Waals surface area contributed by atoms with Gasteiger partial charge in [-0.05, 0) is 42.6 Å². The highest BCUT2D eigenvalue weighted by Gasteiger charge is 2.59. The first-order valence-electron chi connectivity index (χ1n) is 11.2. The van der Waals surface area contributed by atoms with Crippen LogP contribution < -0.4 is 5.32 Å². The van der Waals surface area contributed by atoms with Crippen molar-refractivity contribution in [3.63, 3.8) is 0 Å². The molecule has 35 heavy (non-hydrogen) atoms. The van der Waals surface area contributed by atoms with Crippen molar-refractivity contribution in [1.82, 2.24) is 29.7 Å². The normalized spacial score (nSPS) is 25.8. The van der Waals surface area contributed by atoms with Gasteiger partial charge in [0, 0.05) is 62.9 Å². The second-order valence-electron chi connectivity index (χ2n) is 9.38. The van der Waals surface area contributed by atoms with Crippen molar-refractivity contribution in [2.45, 2.75) is 38.0 Å². The predicted octanol–water partition coefficient (Wildman–Crippen LogP) is 2.36. The lowest BCUT2D eigenvalue weighted by Crippen LogP contribution is -2.49. The first-order valence-corrected chi connectivity index (χ1v) is 11.6. The van der Waals surface area contributed by atoms with E-state index in [1.807, 2.05) is 4.90 Å². The van der Waals surface area contributed by atoms with E-state index in [4.69, 9.17) is 12.2 Å². The number of aromatic nitrogens is 3. The minimum atomic E-state index is -4.52. The van der Waals surface area contributed by atoms with E-state index in [0.717, 1.165) is 12.3 Å². The van der Waals surface area contributed by atoms with Crippen LogP contribution in [0.1, 0.15) is 29.7 Å². The summed E-state index contributed by atoms with van der Waals surface area (Å²) in [5, 5.41) is 12.2. The summed E-state index contributed by atoms with van der Waals surface area (Å²) >= 11 is 5.60. The first kappa shape index (κ1) is 23.5. The van der Waals surface area contributed by atoms with E-state index >= 15 is 0 Å². The van der Waals surface area contributed by atoms with Gasteiger partial charge >= 0.3 is 12.3 Å². The summed E-state index contributed by atoms with van der Waals surface area (Å²) in [6, 6.07) is 0.677. The molecule has 0 spiro atoms. The maximum Gasteiger partial charge on any atom is 0.417 e. The molecule has 0 aromatic carbocycles. The van der Waals surface area contributed by atoms with E-state index in [1.54, 1.807) is 28.2 Å². The molecule has 2 aliphatic heterocycles. The maximum atomic E-state index is 14.0. The van der Waals surface area contributed by atoms with Gasteiger partial charge < -0.3 is 20.2 Å². The van der Waals surface area contributed by atoms with Crippen molar-refractivity contribution >= 4 is 29.3 Å². The van der Waals surface area contributed by atoms with Crippen LogP contribution in [0.25, 0.3) is 0 Å². The Morgan fingerprint density at radius 3 is 2.77 bits per heavy atom. The number of carbonyl (C=O) groups excluding carboxylic acids is 1. The molecule has 2 N–H and O–H groups in total. The van der Waals surface area contributed by atoms with Gasteiger partial charge in [0.2, 0.25) is 5.91 Å². The number of alkyl halides is 3. The third kappa shape index (κ3) is 4.21. The summed E-state index contributed by atoms with van der Waals surface area (Å²) in [5.41, 5.74) is -0.799. The zero-order valence-electron chi connectivity index (χ0n) is 18.5. The highest BCUT2D eigenvalue weighted by Crippen LogP contribution is 2.50. The summed E-state index contributed by atoms with van der Waals surface area (Å²) in [6.07, 6.45) is 1.19. The second-order valence-corrected chi connectivity index (χ2v) is 9.74. The lowest BCUT2D eigenvalue weighted by atomic mass is 9.78. The number of fused-ring (bicyclic) bond motifs is 2. The number of carboxylic acid groups (broad SMARTS) is 1. The van der Waals surface area contributed by atoms with E-state index in [0.29, 0.717) is 55.3 Å². The van der Waals surface area contributed by atoms with E-state index in [9.17, 15) is 27.9 Å². The molecule has 2 amide bonds. The number of hydrogen-bond donors (Lipinski definition) is 2. The molecule has 0 unspecified atom stereocenters. The summed E-state index contributed by atoms with van der Waals surface area (Å²) in [5.74, 6) is -0.342. The molecule has 2 fully saturated rings. The average molecular weight is 509 g/mol. The predicted molar refractivity (Wildman–Crippen MR) is 120 cm³/mol. The zero-order valence-corrected chi connectivity index (χ0v) is 19.3. The van der Waals surface area contributed by atoms with Crippen LogP contribution in [0.4, 0.5) is 18.0 Å². The van der Waals surface area contributed by atoms with Crippen LogP contribution >= 0.6 is 12.2 Å². The van der Waals surface area contributed by atoms with Crippen molar-refractivity contribution in [1.29, 1.82) is 0 Å². The SMILES string of the molecule is O=C(O)N[C@@H]1C[C@H]2CN(C(=S)n3ccnc3)C[C@@]2(C(=O)N2CCc3ncc(C(F)(F)F)cc3C2)C1. The van der Waals surface area contributed by atoms with E-state index < -0.39 is 23.2 Å². The highest BCUT2D eigenvalue weighted by molar-refractivity contribution is 7.80. The van der Waals surface area contributed by atoms with Crippen LogP contribution in [0.3, 0.4) is 0 Å². The number of rotatable bonds is 2. The molecule has 0 radical (unpaired) electrons. The number of halogens is 3. The topological polar surface area (TPSA) is 104 Å². The summed E-state index contributed by atoms with van der Waals surface area (Å²) in [7, 11) is 0. The van der Waals surface area contributed by atoms with Gasteiger partial charge in [-0.3, -0.25) is 14.3 Å². The third-order valence-electron chi connectivity index (χ3n) is 7.28. The van der Waals surface area contributed by atoms with Gasteiger partial charge in [0.25, 0.3) is 0 Å². The smallest absolute Gasteiger partial charge is 0.417 e. The van der Waals surface area contributed by atoms with Crippen LogP contribution in [-0.4, -0.2) is 72.2 Å². The van der Waals surface area contributed by atoms with Crippen LogP contribution in [-0.2, 0) is 23.9 Å². The number of thiocarbonyl (C=S) groups is 1. The fourth-order valence-corrected chi connectivity index (χ4v) is 5.98. The molecule has 186 valence electrons. The molecule has 9 nitrogen and oxygen atoms in total. The van der Waals surface area contributed by atoms with Crippen LogP contribution in [0, 0.1) is 11.3 Å². The molecule has 13 heteroatoms. The number of pyridine rings is 1. The van der Waals surface area contributed by atoms with Gasteiger partial charge in [-0.25, -0.2) is 9.78 Å². The van der Waals surface area contributed by atoms with Crippen LogP contribution in [0.2, 0.25) is 0 Å². The minimum absolute atomic E-state index is 0.0303. The fourth-order valence-electron chi connectivity index (χ4n) is 5.74. The lowest BCUT2D eigenvalue weighted by Gasteiger charge is -2.37. The Kier molecular flexibility index (Phi) is 5.69. The number of nitrogens with zero attached hydrogens (tertiary/aromatic N) is 5. The van der Waals surface area contributed by atoms with Gasteiger partial charge in [-0.2, -0.15) is 13.2 Å². The summed E-state index contributed by atoms with van der Waals surface area (Å²) in [4.78, 5) is 36.8. The quantitative estimate of drug-likeness (QED) is 0.601. The Morgan fingerprint density at radius 1 is 1.29 bits per heavy atom. The Hall–Kier alpha value is -3.22. The molecule has 3 atom stereocenters. The molecule has 3 aliphatic rings. The number of likely N-dealkylation sites (tertiary alicyclic amines) is 1. The Balaban J connectivity index is 1.41. The second kappa shape index (κ2) is 8.47. The Bertz CT molecular complexity index is 1170. The number of hydrogen-bond acceptors (Lipinski definition) is 5. The van der Waals surface area contributed by atoms with Crippen LogP contribution in [0.15, 0.2) is 31.0 Å². The standard InChI is InChI=1S/C22H23F3N6O3S/c23-22(24,25)14-5-13-9-29(3-1-17(13)27-8-14)18(32)21-7-16(28-19(33)34)6-15(21)10-31(11-21)20(35)30-4-2-26-12-30/h2,4-5,8,12,15-16,28H,1,3,6-7,9-11H2,(H,33,34)/t15-,16+,21-/m0/s1. The number of imidazole rings is 1. The van der Waals surface area contributed by atoms with Crippen molar-refractivity contribution < 1.29 is 27.9 Å². The average Bonchev–Trinajstić information content (AvgIpc) is 3.52. The first-order chi connectivity index (χ1) is 16.6. The molecule has 4 heterocycles. The zero-order chi connectivity index (χ0) is 25.0. The molecular formula is C22H23F3N6O3S. The van der Waals surface area contributed by atoms with E-state index in [2.05, 4.69) is 15.3 Å². The van der Waals surface area contributed by atoms with Gasteiger partial charge in [-0.15, -0.1) is 0 Å². The van der Waals surface area contributed by atoms with Crippen molar-refractivity contribution in [2.75, 3.05) is 19.6 Å². The van der Waals surface area contributed by atoms with Gasteiger partial charge in [0.1, 0.15) is 6.33 Å². The third-order valence-corrected chi connectivity index (χ3v) is 7.75. The molecule has 1 saturated carbocycles. The monoisotopic (exact) mass is 508 g/mol. The van der Waals surface area contributed by atoms with Gasteiger partial charge in [-0.1, -0.05) is 0 Å². The Labute approximate surface area is 203 Å². The van der Waals surface area contributed by atoms with Gasteiger partial charge in [0.05, 0.1) is 11.0 Å².